The van der Waals surface area contributed by atoms with E-state index in [0.29, 0.717) is 5.69 Å². The molecule has 30 heavy (non-hydrogen) atoms. The van der Waals surface area contributed by atoms with Gasteiger partial charge in [0.25, 0.3) is 5.91 Å². The molecule has 1 amide bonds. The zero-order valence-corrected chi connectivity index (χ0v) is 16.8. The van der Waals surface area contributed by atoms with Crippen molar-refractivity contribution in [2.75, 3.05) is 0 Å². The molecule has 0 aliphatic rings. The number of hydroxylamine groups is 1. The van der Waals surface area contributed by atoms with Crippen LogP contribution in [0.25, 0.3) is 28.1 Å². The second kappa shape index (κ2) is 8.34. The molecule has 1 atom stereocenters. The molecule has 1 unspecified atom stereocenters. The van der Waals surface area contributed by atoms with E-state index in [2.05, 4.69) is 65.5 Å². The van der Waals surface area contributed by atoms with E-state index in [4.69, 9.17) is 5.21 Å². The lowest BCUT2D eigenvalue weighted by molar-refractivity contribution is -0.124. The van der Waals surface area contributed by atoms with Gasteiger partial charge in [-0.25, -0.2) is 10.2 Å². The van der Waals surface area contributed by atoms with E-state index in [0.717, 1.165) is 22.2 Å². The number of carbonyl (C=O) groups excluding carboxylic acids is 1. The minimum Gasteiger partial charge on any atom is -0.357 e. The van der Waals surface area contributed by atoms with Crippen LogP contribution in [0.4, 0.5) is 0 Å². The minimum atomic E-state index is -0.616. The van der Waals surface area contributed by atoms with Crippen LogP contribution in [0.2, 0.25) is 0 Å². The number of hydrogen-bond acceptors (Lipinski definition) is 4. The number of nitrogens with zero attached hydrogens (tertiary/aromatic N) is 3. The van der Waals surface area contributed by atoms with Crippen LogP contribution in [0.15, 0.2) is 66.9 Å². The van der Waals surface area contributed by atoms with Gasteiger partial charge in [-0.15, -0.1) is 5.10 Å². The molecule has 7 heteroatoms. The van der Waals surface area contributed by atoms with E-state index in [1.807, 2.05) is 18.2 Å². The second-order valence-corrected chi connectivity index (χ2v) is 7.51. The molecule has 4 aromatic rings. The van der Waals surface area contributed by atoms with Gasteiger partial charge in [0, 0.05) is 17.3 Å². The van der Waals surface area contributed by atoms with Crippen molar-refractivity contribution in [2.24, 2.45) is 5.92 Å². The highest BCUT2D eigenvalue weighted by Crippen LogP contribution is 2.30. The zero-order valence-electron chi connectivity index (χ0n) is 16.8. The third-order valence-corrected chi connectivity index (χ3v) is 5.03. The summed E-state index contributed by atoms with van der Waals surface area (Å²) in [6.45, 7) is 4.25. The van der Waals surface area contributed by atoms with Crippen LogP contribution < -0.4 is 5.48 Å². The highest BCUT2D eigenvalue weighted by atomic mass is 16.5. The Morgan fingerprint density at radius 1 is 1.13 bits per heavy atom. The molecule has 0 fully saturated rings. The number of hydrogen-bond donors (Lipinski definition) is 3. The van der Waals surface area contributed by atoms with Crippen LogP contribution in [0.5, 0.6) is 0 Å². The van der Waals surface area contributed by atoms with Crippen molar-refractivity contribution in [2.45, 2.75) is 19.9 Å². The average Bonchev–Trinajstić information content (AvgIpc) is 3.39. The molecule has 0 saturated carbocycles. The van der Waals surface area contributed by atoms with Crippen molar-refractivity contribution >= 4 is 22.9 Å². The quantitative estimate of drug-likeness (QED) is 0.256. The van der Waals surface area contributed by atoms with Crippen LogP contribution >= 0.6 is 0 Å². The molecular weight excluding hydrogens is 378 g/mol. The number of carbonyl (C=O) groups is 1. The van der Waals surface area contributed by atoms with E-state index in [1.165, 1.54) is 17.7 Å². The maximum atomic E-state index is 11.2. The molecule has 7 nitrogen and oxygen atoms in total. The van der Waals surface area contributed by atoms with Gasteiger partial charge in [0.05, 0.1) is 12.2 Å². The largest absolute Gasteiger partial charge is 0.357 e. The standard InChI is InChI=1S/C23H23N5O2/c1-15(2)23(28-14-19(25-27-28)10-11-22(29)26-30)21-13-18-9-8-17(12-20(18)24-21)16-6-4-3-5-7-16/h3-15,23-24,30H,1-2H3,(H,26,29)/b11-10+. The van der Waals surface area contributed by atoms with Crippen molar-refractivity contribution in [3.63, 3.8) is 0 Å². The summed E-state index contributed by atoms with van der Waals surface area (Å²) in [5.74, 6) is -0.360. The van der Waals surface area contributed by atoms with Crippen LogP contribution in [-0.4, -0.2) is 31.1 Å². The number of amides is 1. The van der Waals surface area contributed by atoms with Gasteiger partial charge in [-0.3, -0.25) is 10.0 Å². The topological polar surface area (TPSA) is 95.8 Å². The molecule has 2 aromatic carbocycles. The predicted octanol–water partition coefficient (Wildman–Crippen LogP) is 4.19. The molecule has 0 aliphatic heterocycles. The Morgan fingerprint density at radius 3 is 2.67 bits per heavy atom. The Bertz CT molecular complexity index is 1190. The van der Waals surface area contributed by atoms with Crippen LogP contribution in [0.1, 0.15) is 31.3 Å². The van der Waals surface area contributed by atoms with Crippen LogP contribution in [-0.2, 0) is 4.79 Å². The number of aromatic nitrogens is 4. The molecule has 0 bridgehead atoms. The predicted molar refractivity (Wildman–Crippen MR) is 116 cm³/mol. The number of fused-ring (bicyclic) bond motifs is 1. The maximum Gasteiger partial charge on any atom is 0.267 e. The van der Waals surface area contributed by atoms with Gasteiger partial charge in [0.2, 0.25) is 0 Å². The van der Waals surface area contributed by atoms with Crippen LogP contribution in [0, 0.1) is 5.92 Å². The highest BCUT2D eigenvalue weighted by molar-refractivity contribution is 5.90. The first kappa shape index (κ1) is 19.6. The fraction of sp³-hybridized carbons (Fsp3) is 0.174. The third-order valence-electron chi connectivity index (χ3n) is 5.03. The summed E-state index contributed by atoms with van der Waals surface area (Å²) >= 11 is 0. The lowest BCUT2D eigenvalue weighted by atomic mass is 10.0. The molecule has 2 aromatic heterocycles. The lowest BCUT2D eigenvalue weighted by Crippen LogP contribution is -2.17. The van der Waals surface area contributed by atoms with Crippen LogP contribution in [0.3, 0.4) is 0 Å². The fourth-order valence-corrected chi connectivity index (χ4v) is 3.63. The van der Waals surface area contributed by atoms with Gasteiger partial charge in [0.1, 0.15) is 5.69 Å². The molecule has 0 radical (unpaired) electrons. The third kappa shape index (κ3) is 4.01. The Balaban J connectivity index is 1.67. The molecule has 2 heterocycles. The normalized spacial score (nSPS) is 12.7. The molecule has 152 valence electrons. The van der Waals surface area contributed by atoms with Crippen molar-refractivity contribution < 1.29 is 10.0 Å². The maximum absolute atomic E-state index is 11.2. The van der Waals surface area contributed by atoms with Gasteiger partial charge in [-0.05, 0) is 40.6 Å². The van der Waals surface area contributed by atoms with Crippen molar-refractivity contribution in [1.82, 2.24) is 25.5 Å². The number of H-pyrrole nitrogens is 1. The first-order valence-corrected chi connectivity index (χ1v) is 9.77. The van der Waals surface area contributed by atoms with Gasteiger partial charge < -0.3 is 4.98 Å². The van der Waals surface area contributed by atoms with E-state index < -0.39 is 5.91 Å². The number of aromatic amines is 1. The number of rotatable bonds is 6. The number of nitrogens with one attached hydrogen (secondary N) is 2. The van der Waals surface area contributed by atoms with Gasteiger partial charge >= 0.3 is 0 Å². The first-order valence-electron chi connectivity index (χ1n) is 9.77. The minimum absolute atomic E-state index is 0.0427. The Labute approximate surface area is 174 Å². The van der Waals surface area contributed by atoms with E-state index in [1.54, 1.807) is 16.4 Å². The zero-order chi connectivity index (χ0) is 21.1. The van der Waals surface area contributed by atoms with Gasteiger partial charge in [-0.1, -0.05) is 61.5 Å². The molecule has 4 rings (SSSR count). The summed E-state index contributed by atoms with van der Waals surface area (Å²) < 4.78 is 1.80. The Hall–Kier alpha value is -3.71. The summed E-state index contributed by atoms with van der Waals surface area (Å²) in [6.07, 6.45) is 4.49. The molecule has 0 aliphatic carbocycles. The van der Waals surface area contributed by atoms with Gasteiger partial charge in [0.15, 0.2) is 0 Å². The second-order valence-electron chi connectivity index (χ2n) is 7.51. The van der Waals surface area contributed by atoms with E-state index >= 15 is 0 Å². The summed E-state index contributed by atoms with van der Waals surface area (Å²) in [4.78, 5) is 14.7. The molecule has 0 spiro atoms. The lowest BCUT2D eigenvalue weighted by Gasteiger charge is -2.19. The SMILES string of the molecule is CC(C)C(c1cc2ccc(-c3ccccc3)cc2[nH]1)n1cc(/C=C/C(=O)NO)nn1. The summed E-state index contributed by atoms with van der Waals surface area (Å²) in [6, 6.07) is 18.8. The number of benzene rings is 2. The Kier molecular flexibility index (Phi) is 5.45. The first-order chi connectivity index (χ1) is 14.5. The van der Waals surface area contributed by atoms with Gasteiger partial charge in [-0.2, -0.15) is 0 Å². The van der Waals surface area contributed by atoms with E-state index in [-0.39, 0.29) is 12.0 Å². The summed E-state index contributed by atoms with van der Waals surface area (Å²) in [5, 5.41) is 18.1. The monoisotopic (exact) mass is 401 g/mol. The smallest absolute Gasteiger partial charge is 0.267 e. The van der Waals surface area contributed by atoms with Crippen molar-refractivity contribution in [1.29, 1.82) is 0 Å². The molecular formula is C23H23N5O2. The summed E-state index contributed by atoms with van der Waals surface area (Å²) in [7, 11) is 0. The van der Waals surface area contributed by atoms with E-state index in [9.17, 15) is 4.79 Å². The van der Waals surface area contributed by atoms with Crippen molar-refractivity contribution in [3.8, 4) is 11.1 Å². The fourth-order valence-electron chi connectivity index (χ4n) is 3.63. The highest BCUT2D eigenvalue weighted by Gasteiger charge is 2.21. The average molecular weight is 401 g/mol. The molecule has 0 saturated heterocycles. The molecule has 3 N–H and O–H groups in total. The van der Waals surface area contributed by atoms with Crippen molar-refractivity contribution in [3.05, 3.63) is 78.3 Å². The summed E-state index contributed by atoms with van der Waals surface area (Å²) in [5.41, 5.74) is 6.53. The Morgan fingerprint density at radius 2 is 1.93 bits per heavy atom.